The number of carbonyl (C=O) groups is 2. The van der Waals surface area contributed by atoms with Crippen molar-refractivity contribution in [2.75, 3.05) is 13.1 Å². The number of aliphatic hydroxyl groups excluding tert-OH is 1. The molecule has 32 heavy (non-hydrogen) atoms. The molecule has 2 heterocycles. The van der Waals surface area contributed by atoms with Crippen LogP contribution in [0.4, 0.5) is 8.78 Å². The van der Waals surface area contributed by atoms with Gasteiger partial charge in [0.05, 0.1) is 17.6 Å². The van der Waals surface area contributed by atoms with Crippen molar-refractivity contribution in [1.29, 1.82) is 0 Å². The first-order chi connectivity index (χ1) is 15.3. The number of hydrogen-bond acceptors (Lipinski definition) is 6. The summed E-state index contributed by atoms with van der Waals surface area (Å²) >= 11 is 0. The van der Waals surface area contributed by atoms with E-state index in [2.05, 4.69) is 10.5 Å². The Morgan fingerprint density at radius 1 is 1.16 bits per heavy atom. The molecular formula is C22H25F2N3O5. The molecule has 1 aromatic carbocycles. The zero-order valence-electron chi connectivity index (χ0n) is 17.3. The molecular weight excluding hydrogens is 424 g/mol. The van der Waals surface area contributed by atoms with Gasteiger partial charge in [-0.15, -0.1) is 0 Å². The minimum atomic E-state index is -1.03. The molecule has 2 fully saturated rings. The number of aromatic nitrogens is 1. The lowest BCUT2D eigenvalue weighted by molar-refractivity contribution is -0.145. The summed E-state index contributed by atoms with van der Waals surface area (Å²) in [6.45, 7) is 0.786. The summed E-state index contributed by atoms with van der Waals surface area (Å²) in [5.74, 6) is -4.14. The van der Waals surface area contributed by atoms with Crippen LogP contribution in [-0.4, -0.2) is 63.4 Å². The third-order valence-electron chi connectivity index (χ3n) is 6.38. The first kappa shape index (κ1) is 22.3. The van der Waals surface area contributed by atoms with Crippen LogP contribution in [-0.2, 0) is 4.79 Å². The molecule has 0 radical (unpaired) electrons. The zero-order chi connectivity index (χ0) is 22.8. The van der Waals surface area contributed by atoms with E-state index in [0.717, 1.165) is 25.3 Å². The van der Waals surface area contributed by atoms with Crippen molar-refractivity contribution in [2.24, 2.45) is 5.92 Å². The Morgan fingerprint density at radius 2 is 1.94 bits per heavy atom. The van der Waals surface area contributed by atoms with Crippen LogP contribution >= 0.6 is 0 Å². The maximum atomic E-state index is 14.0. The average Bonchev–Trinajstić information content (AvgIpc) is 3.24. The number of aliphatic carboxylic acids is 1. The minimum Gasteiger partial charge on any atom is -0.481 e. The normalized spacial score (nSPS) is 26.6. The molecule has 2 aromatic rings. The van der Waals surface area contributed by atoms with Gasteiger partial charge in [0.15, 0.2) is 11.5 Å². The van der Waals surface area contributed by atoms with Crippen LogP contribution in [0.3, 0.4) is 0 Å². The second-order valence-electron chi connectivity index (χ2n) is 8.43. The molecule has 0 spiro atoms. The van der Waals surface area contributed by atoms with Gasteiger partial charge < -0.3 is 20.1 Å². The van der Waals surface area contributed by atoms with E-state index in [0.29, 0.717) is 25.5 Å². The Bertz CT molecular complexity index is 998. The highest BCUT2D eigenvalue weighted by atomic mass is 19.1. The lowest BCUT2D eigenvalue weighted by Crippen LogP contribution is -2.58. The smallest absolute Gasteiger partial charge is 0.309 e. The Kier molecular flexibility index (Phi) is 6.52. The van der Waals surface area contributed by atoms with E-state index in [9.17, 15) is 28.6 Å². The molecule has 3 N–H and O–H groups in total. The Labute approximate surface area is 183 Å². The summed E-state index contributed by atoms with van der Waals surface area (Å²) < 4.78 is 32.1. The predicted molar refractivity (Wildman–Crippen MR) is 109 cm³/mol. The van der Waals surface area contributed by atoms with Crippen LogP contribution in [0.1, 0.15) is 42.6 Å². The van der Waals surface area contributed by atoms with E-state index in [1.54, 1.807) is 0 Å². The summed E-state index contributed by atoms with van der Waals surface area (Å²) in [4.78, 5) is 26.6. The molecule has 172 valence electrons. The molecule has 1 aliphatic carbocycles. The Hall–Kier alpha value is -2.85. The van der Waals surface area contributed by atoms with Gasteiger partial charge in [0.2, 0.25) is 0 Å². The number of nitrogens with one attached hydrogen (secondary N) is 1. The fraction of sp³-hybridized carbons (Fsp3) is 0.500. The molecule has 1 aromatic heterocycles. The van der Waals surface area contributed by atoms with Gasteiger partial charge >= 0.3 is 5.97 Å². The van der Waals surface area contributed by atoms with Gasteiger partial charge in [-0.05, 0) is 31.4 Å². The highest BCUT2D eigenvalue weighted by molar-refractivity contribution is 5.93. The van der Waals surface area contributed by atoms with E-state index in [-0.39, 0.29) is 29.6 Å². The fourth-order valence-corrected chi connectivity index (χ4v) is 4.66. The summed E-state index contributed by atoms with van der Waals surface area (Å²) in [6.07, 6.45) is 3.44. The topological polar surface area (TPSA) is 116 Å². The Balaban J connectivity index is 1.43. The number of carboxylic acid groups (broad SMARTS) is 1. The quantitative estimate of drug-likeness (QED) is 0.642. The Morgan fingerprint density at radius 3 is 2.66 bits per heavy atom. The van der Waals surface area contributed by atoms with Gasteiger partial charge in [0.1, 0.15) is 11.6 Å². The number of piperidine rings is 1. The van der Waals surface area contributed by atoms with Gasteiger partial charge in [-0.25, -0.2) is 8.78 Å². The van der Waals surface area contributed by atoms with Crippen LogP contribution in [0.5, 0.6) is 0 Å². The number of hydrogen-bond donors (Lipinski definition) is 3. The molecule has 1 aliphatic heterocycles. The van der Waals surface area contributed by atoms with Gasteiger partial charge in [0, 0.05) is 37.3 Å². The van der Waals surface area contributed by atoms with Crippen molar-refractivity contribution >= 4 is 11.9 Å². The molecule has 4 atom stereocenters. The lowest BCUT2D eigenvalue weighted by Gasteiger charge is -2.43. The number of halogens is 2. The van der Waals surface area contributed by atoms with Crippen LogP contribution in [0.25, 0.3) is 11.3 Å². The molecule has 0 bridgehead atoms. The molecule has 1 amide bonds. The number of carbonyl (C=O) groups excluding carboxylic acids is 1. The highest BCUT2D eigenvalue weighted by Crippen LogP contribution is 2.29. The third-order valence-corrected chi connectivity index (χ3v) is 6.38. The van der Waals surface area contributed by atoms with Gasteiger partial charge in [-0.2, -0.15) is 0 Å². The number of carboxylic acids is 1. The van der Waals surface area contributed by atoms with E-state index in [4.69, 9.17) is 4.52 Å². The van der Waals surface area contributed by atoms with Gasteiger partial charge in [-0.1, -0.05) is 18.0 Å². The zero-order valence-corrected chi connectivity index (χ0v) is 17.3. The number of nitrogens with zero attached hydrogens (tertiary/aromatic N) is 2. The first-order valence-corrected chi connectivity index (χ1v) is 10.7. The first-order valence-electron chi connectivity index (χ1n) is 10.7. The lowest BCUT2D eigenvalue weighted by atomic mass is 9.86. The van der Waals surface area contributed by atoms with Crippen molar-refractivity contribution in [1.82, 2.24) is 15.4 Å². The molecule has 10 heteroatoms. The minimum absolute atomic E-state index is 0.0384. The maximum absolute atomic E-state index is 14.0. The van der Waals surface area contributed by atoms with Crippen LogP contribution in [0.2, 0.25) is 0 Å². The second kappa shape index (κ2) is 9.33. The van der Waals surface area contributed by atoms with Crippen molar-refractivity contribution in [3.05, 3.63) is 41.6 Å². The molecule has 1 saturated carbocycles. The molecule has 4 rings (SSSR count). The van der Waals surface area contributed by atoms with Crippen molar-refractivity contribution in [3.63, 3.8) is 0 Å². The van der Waals surface area contributed by atoms with Crippen molar-refractivity contribution < 1.29 is 33.1 Å². The summed E-state index contributed by atoms with van der Waals surface area (Å²) in [7, 11) is 0. The van der Waals surface area contributed by atoms with Gasteiger partial charge in [-0.3, -0.25) is 14.5 Å². The highest BCUT2D eigenvalue weighted by Gasteiger charge is 2.40. The van der Waals surface area contributed by atoms with Crippen molar-refractivity contribution in [2.45, 2.75) is 50.3 Å². The third kappa shape index (κ3) is 4.66. The molecule has 2 aliphatic rings. The summed E-state index contributed by atoms with van der Waals surface area (Å²) in [6, 6.07) is 3.49. The van der Waals surface area contributed by atoms with E-state index >= 15 is 0 Å². The van der Waals surface area contributed by atoms with Crippen LogP contribution < -0.4 is 5.32 Å². The number of likely N-dealkylation sites (tertiary alicyclic amines) is 1. The number of rotatable bonds is 5. The maximum Gasteiger partial charge on any atom is 0.309 e. The molecule has 8 nitrogen and oxygen atoms in total. The fourth-order valence-electron chi connectivity index (χ4n) is 4.66. The number of benzene rings is 1. The van der Waals surface area contributed by atoms with Crippen molar-refractivity contribution in [3.8, 4) is 11.3 Å². The summed E-state index contributed by atoms with van der Waals surface area (Å²) in [5.41, 5.74) is -0.168. The van der Waals surface area contributed by atoms with E-state index in [1.165, 1.54) is 12.1 Å². The summed E-state index contributed by atoms with van der Waals surface area (Å²) in [5, 5.41) is 26.4. The number of aliphatic hydroxyl groups is 1. The van der Waals surface area contributed by atoms with Gasteiger partial charge in [0.25, 0.3) is 5.91 Å². The monoisotopic (exact) mass is 449 g/mol. The SMILES string of the molecule is O=C(N[C@H]1CCN([C@H]2CCCC[C@H]2O)C[C@@H]1C(=O)O)c1cc(-c2ccc(F)cc2F)on1. The van der Waals surface area contributed by atoms with E-state index in [1.807, 2.05) is 4.90 Å². The van der Waals surface area contributed by atoms with E-state index < -0.39 is 41.6 Å². The average molecular weight is 449 g/mol. The largest absolute Gasteiger partial charge is 0.481 e. The predicted octanol–water partition coefficient (Wildman–Crippen LogP) is 2.43. The van der Waals surface area contributed by atoms with Crippen LogP contribution in [0, 0.1) is 17.6 Å². The van der Waals surface area contributed by atoms with Crippen LogP contribution in [0.15, 0.2) is 28.8 Å². The second-order valence-corrected chi connectivity index (χ2v) is 8.43. The number of amides is 1. The standard InChI is InChI=1S/C22H25F2N3O5/c23-12-5-6-13(15(24)9-12)20-10-17(26-32-20)21(29)25-16-7-8-27(11-14(16)22(30)31)18-3-1-2-4-19(18)28/h5-6,9-10,14,16,18-19,28H,1-4,7-8,11H2,(H,25,29)(H,30,31)/t14-,16-,18-,19+/m0/s1. The molecule has 1 saturated heterocycles. The molecule has 0 unspecified atom stereocenters.